The van der Waals surface area contributed by atoms with Gasteiger partial charge in [-0.25, -0.2) is 4.79 Å². The maximum absolute atomic E-state index is 12.7. The molecule has 0 fully saturated rings. The number of benzene rings is 2. The highest BCUT2D eigenvalue weighted by molar-refractivity contribution is 6.30. The van der Waals surface area contributed by atoms with E-state index in [0.29, 0.717) is 10.8 Å². The van der Waals surface area contributed by atoms with Crippen molar-refractivity contribution >= 4 is 17.6 Å². The normalized spacial score (nSPS) is 16.4. The Bertz CT molecular complexity index is 1020. The van der Waals surface area contributed by atoms with Gasteiger partial charge in [0.1, 0.15) is 17.4 Å². The maximum atomic E-state index is 12.7. The largest absolute Gasteiger partial charge is 0.463 e. The number of allylic oxidation sites excluding steroid dienone is 2. The summed E-state index contributed by atoms with van der Waals surface area (Å²) in [5.74, 6) is -0.907. The molecule has 0 aliphatic carbocycles. The molecule has 1 aliphatic rings. The van der Waals surface area contributed by atoms with E-state index in [1.54, 1.807) is 26.0 Å². The monoisotopic (exact) mass is 394 g/mol. The molecule has 0 amide bonds. The van der Waals surface area contributed by atoms with Crippen molar-refractivity contribution in [1.29, 1.82) is 5.26 Å². The predicted molar refractivity (Wildman–Crippen MR) is 107 cm³/mol. The second kappa shape index (κ2) is 8.20. The lowest BCUT2D eigenvalue weighted by Crippen LogP contribution is -2.25. The van der Waals surface area contributed by atoms with Gasteiger partial charge in [-0.3, -0.25) is 0 Å². The summed E-state index contributed by atoms with van der Waals surface area (Å²) >= 11 is 6.02. The van der Waals surface area contributed by atoms with Crippen LogP contribution in [0, 0.1) is 11.3 Å². The second-order valence-electron chi connectivity index (χ2n) is 6.21. The lowest BCUT2D eigenvalue weighted by Gasteiger charge is -2.28. The number of carbonyl (C=O) groups excluding carboxylic acids is 1. The van der Waals surface area contributed by atoms with Gasteiger partial charge < -0.3 is 15.2 Å². The van der Waals surface area contributed by atoms with E-state index in [0.717, 1.165) is 16.7 Å². The molecule has 0 saturated heterocycles. The summed E-state index contributed by atoms with van der Waals surface area (Å²) in [6.45, 7) is 3.58. The highest BCUT2D eigenvalue weighted by Gasteiger charge is 2.37. The van der Waals surface area contributed by atoms with Crippen molar-refractivity contribution < 1.29 is 14.3 Å². The second-order valence-corrected chi connectivity index (χ2v) is 6.65. The first-order valence-corrected chi connectivity index (χ1v) is 9.16. The minimum absolute atomic E-state index is 0.0102. The molecule has 28 heavy (non-hydrogen) atoms. The fraction of sp³-hybridized carbons (Fsp3) is 0.182. The van der Waals surface area contributed by atoms with E-state index in [4.69, 9.17) is 26.8 Å². The van der Waals surface area contributed by atoms with Crippen molar-refractivity contribution in [3.8, 4) is 17.2 Å². The molecule has 6 heteroatoms. The quantitative estimate of drug-likeness (QED) is 0.762. The lowest BCUT2D eigenvalue weighted by molar-refractivity contribution is -0.139. The van der Waals surface area contributed by atoms with Crippen LogP contribution < -0.4 is 5.73 Å². The first-order valence-electron chi connectivity index (χ1n) is 8.78. The molecule has 0 saturated carbocycles. The fourth-order valence-electron chi connectivity index (χ4n) is 3.31. The summed E-state index contributed by atoms with van der Waals surface area (Å²) in [6.07, 6.45) is 0. The van der Waals surface area contributed by atoms with Crippen LogP contribution in [0.25, 0.3) is 11.1 Å². The van der Waals surface area contributed by atoms with Crippen LogP contribution >= 0.6 is 11.6 Å². The summed E-state index contributed by atoms with van der Waals surface area (Å²) in [4.78, 5) is 12.7. The Kier molecular flexibility index (Phi) is 5.72. The third-order valence-corrected chi connectivity index (χ3v) is 4.78. The number of nitrogens with zero attached hydrogens (tertiary/aromatic N) is 1. The van der Waals surface area contributed by atoms with Crippen LogP contribution in [0.5, 0.6) is 0 Å². The fourth-order valence-corrected chi connectivity index (χ4v) is 3.43. The predicted octanol–water partition coefficient (Wildman–Crippen LogP) is 4.65. The number of halogens is 1. The third kappa shape index (κ3) is 3.60. The van der Waals surface area contributed by atoms with Crippen molar-refractivity contribution in [2.24, 2.45) is 5.73 Å². The first-order chi connectivity index (χ1) is 13.5. The Labute approximate surface area is 168 Å². The van der Waals surface area contributed by atoms with Gasteiger partial charge in [0.15, 0.2) is 0 Å². The molecule has 0 radical (unpaired) electrons. The zero-order chi connectivity index (χ0) is 20.3. The van der Waals surface area contributed by atoms with Crippen molar-refractivity contribution in [3.63, 3.8) is 0 Å². The number of carbonyl (C=O) groups is 1. The zero-order valence-electron chi connectivity index (χ0n) is 15.5. The van der Waals surface area contributed by atoms with Crippen molar-refractivity contribution in [2.75, 3.05) is 6.61 Å². The summed E-state index contributed by atoms with van der Waals surface area (Å²) in [7, 11) is 0. The molecule has 1 heterocycles. The van der Waals surface area contributed by atoms with Gasteiger partial charge in [-0.1, -0.05) is 48.0 Å². The Hall–Kier alpha value is -3.23. The highest BCUT2D eigenvalue weighted by atomic mass is 35.5. The Balaban J connectivity index is 2.24. The number of hydrogen-bond donors (Lipinski definition) is 1. The van der Waals surface area contributed by atoms with E-state index in [1.165, 1.54) is 0 Å². The summed E-state index contributed by atoms with van der Waals surface area (Å²) < 4.78 is 10.7. The number of rotatable bonds is 4. The summed E-state index contributed by atoms with van der Waals surface area (Å²) in [5, 5.41) is 10.4. The molecule has 0 bridgehead atoms. The molecule has 2 aromatic rings. The van der Waals surface area contributed by atoms with Gasteiger partial charge in [0.25, 0.3) is 0 Å². The topological polar surface area (TPSA) is 85.3 Å². The molecule has 1 atom stereocenters. The molecule has 0 aromatic heterocycles. The summed E-state index contributed by atoms with van der Waals surface area (Å²) in [6, 6.07) is 17.0. The number of nitriles is 1. The molecule has 0 spiro atoms. The molecular formula is C22H19ClN2O3. The van der Waals surface area contributed by atoms with Crippen LogP contribution in [0.2, 0.25) is 5.02 Å². The third-order valence-electron chi connectivity index (χ3n) is 4.53. The van der Waals surface area contributed by atoms with Gasteiger partial charge in [-0.2, -0.15) is 5.26 Å². The van der Waals surface area contributed by atoms with Crippen molar-refractivity contribution in [3.05, 3.63) is 81.9 Å². The van der Waals surface area contributed by atoms with Gasteiger partial charge in [0.2, 0.25) is 5.88 Å². The van der Waals surface area contributed by atoms with Gasteiger partial charge in [0, 0.05) is 5.02 Å². The maximum Gasteiger partial charge on any atom is 0.338 e. The minimum Gasteiger partial charge on any atom is -0.463 e. The van der Waals surface area contributed by atoms with Gasteiger partial charge in [-0.15, -0.1) is 0 Å². The van der Waals surface area contributed by atoms with Crippen LogP contribution in [0.4, 0.5) is 0 Å². The first kappa shape index (κ1) is 19.5. The number of hydrogen-bond acceptors (Lipinski definition) is 5. The Morgan fingerprint density at radius 1 is 1.25 bits per heavy atom. The molecule has 2 N–H and O–H groups in total. The number of nitrogens with two attached hydrogens (primary N) is 1. The van der Waals surface area contributed by atoms with E-state index in [2.05, 4.69) is 6.07 Å². The van der Waals surface area contributed by atoms with Gasteiger partial charge >= 0.3 is 5.97 Å². The SMILES string of the molecule is CCOC(=O)C1=C(C)OC(N)=C(C#N)C1c1ccccc1-c1ccc(Cl)cc1. The lowest BCUT2D eigenvalue weighted by atomic mass is 9.79. The van der Waals surface area contributed by atoms with Crippen LogP contribution in [0.1, 0.15) is 25.3 Å². The van der Waals surface area contributed by atoms with E-state index in [9.17, 15) is 10.1 Å². The van der Waals surface area contributed by atoms with Gasteiger partial charge in [0.05, 0.1) is 18.1 Å². The van der Waals surface area contributed by atoms with Crippen molar-refractivity contribution in [1.82, 2.24) is 0 Å². The molecular weight excluding hydrogens is 376 g/mol. The molecule has 3 rings (SSSR count). The standard InChI is InChI=1S/C22H19ClN2O3/c1-3-27-22(26)19-13(2)28-21(25)18(12-24)20(19)17-7-5-4-6-16(17)14-8-10-15(23)11-9-14/h4-11,20H,3,25H2,1-2H3. The molecule has 1 aliphatic heterocycles. The Morgan fingerprint density at radius 3 is 2.57 bits per heavy atom. The minimum atomic E-state index is -0.690. The molecule has 1 unspecified atom stereocenters. The number of ether oxygens (including phenoxy) is 2. The smallest absolute Gasteiger partial charge is 0.338 e. The van der Waals surface area contributed by atoms with Crippen LogP contribution in [-0.2, 0) is 14.3 Å². The average molecular weight is 395 g/mol. The van der Waals surface area contributed by atoms with E-state index in [-0.39, 0.29) is 23.6 Å². The van der Waals surface area contributed by atoms with E-state index < -0.39 is 11.9 Å². The molecule has 5 nitrogen and oxygen atoms in total. The Morgan fingerprint density at radius 2 is 1.93 bits per heavy atom. The van der Waals surface area contributed by atoms with Crippen LogP contribution in [-0.4, -0.2) is 12.6 Å². The molecule has 142 valence electrons. The van der Waals surface area contributed by atoms with Crippen LogP contribution in [0.15, 0.2) is 71.3 Å². The number of esters is 1. The highest BCUT2D eigenvalue weighted by Crippen LogP contribution is 2.43. The van der Waals surface area contributed by atoms with E-state index in [1.807, 2.05) is 36.4 Å². The van der Waals surface area contributed by atoms with E-state index >= 15 is 0 Å². The average Bonchev–Trinajstić information content (AvgIpc) is 2.68. The van der Waals surface area contributed by atoms with Crippen LogP contribution in [0.3, 0.4) is 0 Å². The molecule has 2 aromatic carbocycles. The zero-order valence-corrected chi connectivity index (χ0v) is 16.3. The summed E-state index contributed by atoms with van der Waals surface area (Å²) in [5.41, 5.74) is 8.96. The van der Waals surface area contributed by atoms with Crippen molar-refractivity contribution in [2.45, 2.75) is 19.8 Å². The van der Waals surface area contributed by atoms with Gasteiger partial charge in [-0.05, 0) is 42.7 Å².